The van der Waals surface area contributed by atoms with Crippen molar-refractivity contribution in [1.82, 2.24) is 14.5 Å². The fraction of sp³-hybridized carbons (Fsp3) is 0.538. The number of piperidine rings is 2. The van der Waals surface area contributed by atoms with Crippen LogP contribution < -0.4 is 14.8 Å². The van der Waals surface area contributed by atoms with Crippen LogP contribution in [0.2, 0.25) is 5.02 Å². The first-order valence-corrected chi connectivity index (χ1v) is 20.1. The first-order chi connectivity index (χ1) is 24.3. The van der Waals surface area contributed by atoms with E-state index >= 15 is 0 Å². The van der Waals surface area contributed by atoms with Crippen LogP contribution in [0.1, 0.15) is 85.0 Å². The number of alkyl carbamates (subject to hydrolysis) is 1. The Labute approximate surface area is 305 Å². The molecule has 0 spiro atoms. The number of carbonyl (C=O) groups is 2. The third-order valence-electron chi connectivity index (χ3n) is 10.6. The molecule has 3 saturated heterocycles. The van der Waals surface area contributed by atoms with Gasteiger partial charge in [0.2, 0.25) is 15.9 Å². The summed E-state index contributed by atoms with van der Waals surface area (Å²) in [5.74, 6) is 1.20. The first kappa shape index (κ1) is 35.8. The zero-order valence-electron chi connectivity index (χ0n) is 29.6. The van der Waals surface area contributed by atoms with Gasteiger partial charge in [0.25, 0.3) is 0 Å². The molecule has 1 saturated carbocycles. The average molecular weight is 738 g/mol. The lowest BCUT2D eigenvalue weighted by atomic mass is 9.94. The Bertz CT molecular complexity index is 1840. The Balaban J connectivity index is 1.12. The van der Waals surface area contributed by atoms with Gasteiger partial charge in [-0.2, -0.15) is 4.31 Å². The molecule has 1 aliphatic carbocycles. The summed E-state index contributed by atoms with van der Waals surface area (Å²) in [4.78, 5) is 29.3. The van der Waals surface area contributed by atoms with Crippen LogP contribution >= 0.6 is 11.6 Å². The Kier molecular flexibility index (Phi) is 10.2. The van der Waals surface area contributed by atoms with E-state index in [9.17, 15) is 18.0 Å². The summed E-state index contributed by atoms with van der Waals surface area (Å²) in [5.41, 5.74) is -0.613. The highest BCUT2D eigenvalue weighted by molar-refractivity contribution is 7.89. The Hall–Kier alpha value is -3.54. The fourth-order valence-electron chi connectivity index (χ4n) is 8.31. The maximum atomic E-state index is 14.7. The molecule has 51 heavy (non-hydrogen) atoms. The van der Waals surface area contributed by atoms with Crippen LogP contribution in [-0.2, 0) is 19.6 Å². The minimum absolute atomic E-state index is 0.111. The standard InChI is InChI=1S/C39H48ClN3O7S/c1-39(2,3)50-38(45)41-28-22-29-12-13-30(23-28)43(29)37(44)36-24-34(49-32-15-10-27(40)11-16-32)18-19-42(36)51(46,47)35-17-9-25-20-33(14-8-26(25)21-35)48-31-6-4-5-7-31/h8-11,14-17,20-21,28-31,34,36H,4-7,12-13,18-19,22-24H2,1-3H3,(H,41,45)/t28?,29?,30?,34-,36-/m0/s1. The van der Waals surface area contributed by atoms with Gasteiger partial charge < -0.3 is 24.4 Å². The summed E-state index contributed by atoms with van der Waals surface area (Å²) >= 11 is 6.09. The second-order valence-electron chi connectivity index (χ2n) is 15.5. The van der Waals surface area contributed by atoms with Gasteiger partial charge in [-0.3, -0.25) is 4.79 Å². The number of halogens is 1. The molecule has 274 valence electrons. The van der Waals surface area contributed by atoms with Gasteiger partial charge in [0.05, 0.1) is 11.0 Å². The highest BCUT2D eigenvalue weighted by Gasteiger charge is 2.50. The quantitative estimate of drug-likeness (QED) is 0.255. The molecule has 3 aliphatic heterocycles. The summed E-state index contributed by atoms with van der Waals surface area (Å²) in [6.45, 7) is 5.61. The molecule has 10 nitrogen and oxygen atoms in total. The summed E-state index contributed by atoms with van der Waals surface area (Å²) in [7, 11) is -4.07. The number of rotatable bonds is 8. The van der Waals surface area contributed by atoms with Crippen LogP contribution in [0.25, 0.3) is 10.8 Å². The molecule has 3 aromatic carbocycles. The third kappa shape index (κ3) is 8.10. The Morgan fingerprint density at radius 3 is 2.10 bits per heavy atom. The fourth-order valence-corrected chi connectivity index (χ4v) is 10.1. The molecule has 2 bridgehead atoms. The smallest absolute Gasteiger partial charge is 0.407 e. The molecule has 4 atom stereocenters. The lowest BCUT2D eigenvalue weighted by molar-refractivity contribution is -0.142. The molecule has 1 N–H and O–H groups in total. The monoisotopic (exact) mass is 737 g/mol. The highest BCUT2D eigenvalue weighted by atomic mass is 35.5. The van der Waals surface area contributed by atoms with Gasteiger partial charge in [-0.15, -0.1) is 0 Å². The van der Waals surface area contributed by atoms with Crippen molar-refractivity contribution in [3.63, 3.8) is 0 Å². The number of nitrogens with zero attached hydrogens (tertiary/aromatic N) is 2. The SMILES string of the molecule is CC(C)(C)OC(=O)NC1CC2CCC(C1)N2C(=O)[C@@H]1C[C@@H](Oc2ccc(Cl)cc2)CCN1S(=O)(=O)c1ccc2cc(OC3CCCC3)ccc2c1. The van der Waals surface area contributed by atoms with Crippen molar-refractivity contribution in [3.8, 4) is 11.5 Å². The summed E-state index contributed by atoms with van der Waals surface area (Å²) in [6, 6.07) is 16.7. The molecule has 0 aromatic heterocycles. The molecule has 4 fully saturated rings. The number of fused-ring (bicyclic) bond motifs is 3. The Morgan fingerprint density at radius 2 is 1.41 bits per heavy atom. The summed E-state index contributed by atoms with van der Waals surface area (Å²) < 4.78 is 48.4. The van der Waals surface area contributed by atoms with Crippen molar-refractivity contribution in [3.05, 3.63) is 65.7 Å². The minimum atomic E-state index is -4.07. The van der Waals surface area contributed by atoms with E-state index in [0.717, 1.165) is 42.2 Å². The predicted octanol–water partition coefficient (Wildman–Crippen LogP) is 7.46. The van der Waals surface area contributed by atoms with Gasteiger partial charge in [0, 0.05) is 36.1 Å². The van der Waals surface area contributed by atoms with Crippen molar-refractivity contribution in [1.29, 1.82) is 0 Å². The lowest BCUT2D eigenvalue weighted by Crippen LogP contribution is -2.60. The van der Waals surface area contributed by atoms with Crippen molar-refractivity contribution < 1.29 is 32.2 Å². The van der Waals surface area contributed by atoms with E-state index < -0.39 is 27.8 Å². The minimum Gasteiger partial charge on any atom is -0.490 e. The maximum absolute atomic E-state index is 14.7. The maximum Gasteiger partial charge on any atom is 0.407 e. The second kappa shape index (κ2) is 14.5. The van der Waals surface area contributed by atoms with Crippen molar-refractivity contribution >= 4 is 44.4 Å². The van der Waals surface area contributed by atoms with Crippen LogP contribution in [0.15, 0.2) is 65.6 Å². The summed E-state index contributed by atoms with van der Waals surface area (Å²) in [5, 5.41) is 5.27. The van der Waals surface area contributed by atoms with Gasteiger partial charge in [-0.25, -0.2) is 13.2 Å². The average Bonchev–Trinajstić information content (AvgIpc) is 3.69. The molecule has 3 aromatic rings. The van der Waals surface area contributed by atoms with Gasteiger partial charge in [0.1, 0.15) is 29.2 Å². The molecule has 12 heteroatoms. The van der Waals surface area contributed by atoms with E-state index in [2.05, 4.69) is 5.32 Å². The molecule has 3 heterocycles. The zero-order chi connectivity index (χ0) is 35.9. The molecule has 0 radical (unpaired) electrons. The van der Waals surface area contributed by atoms with Crippen LogP contribution in [0.5, 0.6) is 11.5 Å². The largest absolute Gasteiger partial charge is 0.490 e. The predicted molar refractivity (Wildman–Crippen MR) is 196 cm³/mol. The number of amides is 2. The normalized spacial score (nSPS) is 25.9. The van der Waals surface area contributed by atoms with E-state index in [0.29, 0.717) is 30.0 Å². The molecule has 2 amide bonds. The molecular weight excluding hydrogens is 690 g/mol. The van der Waals surface area contributed by atoms with Gasteiger partial charge >= 0.3 is 6.09 Å². The lowest BCUT2D eigenvalue weighted by Gasteiger charge is -2.44. The molecule has 7 rings (SSSR count). The van der Waals surface area contributed by atoms with E-state index in [1.165, 1.54) is 17.1 Å². The number of hydrogen-bond donors (Lipinski definition) is 1. The highest BCUT2D eigenvalue weighted by Crippen LogP contribution is 2.39. The van der Waals surface area contributed by atoms with E-state index in [1.54, 1.807) is 36.4 Å². The molecular formula is C39H48ClN3O7S. The van der Waals surface area contributed by atoms with Crippen LogP contribution in [0.3, 0.4) is 0 Å². The van der Waals surface area contributed by atoms with Gasteiger partial charge in [-0.05, 0) is 138 Å². The number of benzene rings is 3. The summed E-state index contributed by atoms with van der Waals surface area (Å²) in [6.07, 6.45) is 7.26. The van der Waals surface area contributed by atoms with E-state index in [4.69, 9.17) is 25.8 Å². The van der Waals surface area contributed by atoms with E-state index in [1.807, 2.05) is 49.9 Å². The second-order valence-corrected chi connectivity index (χ2v) is 17.8. The first-order valence-electron chi connectivity index (χ1n) is 18.3. The van der Waals surface area contributed by atoms with Crippen LogP contribution in [0.4, 0.5) is 4.79 Å². The van der Waals surface area contributed by atoms with Gasteiger partial charge in [-0.1, -0.05) is 23.7 Å². The molecule has 2 unspecified atom stereocenters. The van der Waals surface area contributed by atoms with Crippen molar-refractivity contribution in [2.24, 2.45) is 0 Å². The number of nitrogens with one attached hydrogen (secondary N) is 1. The van der Waals surface area contributed by atoms with Crippen LogP contribution in [0, 0.1) is 0 Å². The third-order valence-corrected chi connectivity index (χ3v) is 12.8. The van der Waals surface area contributed by atoms with E-state index in [-0.39, 0.29) is 54.1 Å². The number of ether oxygens (including phenoxy) is 3. The topological polar surface area (TPSA) is 114 Å². The number of hydrogen-bond acceptors (Lipinski definition) is 7. The number of sulfonamides is 1. The number of carbonyl (C=O) groups excluding carboxylic acids is 2. The zero-order valence-corrected chi connectivity index (χ0v) is 31.1. The van der Waals surface area contributed by atoms with Gasteiger partial charge in [0.15, 0.2) is 0 Å². The molecule has 4 aliphatic rings. The van der Waals surface area contributed by atoms with Crippen molar-refractivity contribution in [2.75, 3.05) is 6.54 Å². The van der Waals surface area contributed by atoms with Crippen molar-refractivity contribution in [2.45, 2.75) is 132 Å². The Morgan fingerprint density at radius 1 is 0.784 bits per heavy atom. The van der Waals surface area contributed by atoms with Crippen LogP contribution in [-0.4, -0.2) is 78.1 Å².